The Labute approximate surface area is 167 Å². The molecule has 3 heterocycles. The molecule has 28 heavy (non-hydrogen) atoms. The number of furan rings is 1. The van der Waals surface area contributed by atoms with Gasteiger partial charge in [0.1, 0.15) is 11.9 Å². The first-order valence-corrected chi connectivity index (χ1v) is 11.1. The van der Waals surface area contributed by atoms with E-state index >= 15 is 0 Å². The Bertz CT molecular complexity index is 712. The Morgan fingerprint density at radius 1 is 1.36 bits per heavy atom. The summed E-state index contributed by atoms with van der Waals surface area (Å²) >= 11 is 0. The Balaban J connectivity index is 1.21. The predicted molar refractivity (Wildman–Crippen MR) is 105 cm³/mol. The van der Waals surface area contributed by atoms with Crippen LogP contribution in [0.3, 0.4) is 0 Å². The van der Waals surface area contributed by atoms with Crippen LogP contribution < -0.4 is 5.32 Å². The maximum Gasteiger partial charge on any atom is 0.310 e. The second kappa shape index (κ2) is 6.88. The topological polar surface area (TPSA) is 64.0 Å². The molecule has 0 radical (unpaired) electrons. The zero-order valence-corrected chi connectivity index (χ0v) is 17.1. The molecule has 2 aliphatic carbocycles. The Hall–Kier alpha value is -1.33. The van der Waals surface area contributed by atoms with Crippen LogP contribution in [0.1, 0.15) is 58.1 Å². The van der Waals surface area contributed by atoms with Crippen LogP contribution in [-0.4, -0.2) is 36.9 Å². The van der Waals surface area contributed by atoms with E-state index < -0.39 is 0 Å². The zero-order valence-electron chi connectivity index (χ0n) is 17.1. The third-order valence-electron chi connectivity index (χ3n) is 8.17. The van der Waals surface area contributed by atoms with Crippen molar-refractivity contribution in [2.24, 2.45) is 23.2 Å². The van der Waals surface area contributed by atoms with Crippen molar-refractivity contribution >= 4 is 5.97 Å². The lowest BCUT2D eigenvalue weighted by molar-refractivity contribution is -0.147. The van der Waals surface area contributed by atoms with E-state index in [9.17, 15) is 4.79 Å². The Morgan fingerprint density at radius 2 is 2.21 bits per heavy atom. The number of nitrogens with one attached hydrogen (secondary N) is 1. The summed E-state index contributed by atoms with van der Waals surface area (Å²) in [6, 6.07) is 4.30. The number of esters is 1. The molecule has 4 fully saturated rings. The summed E-state index contributed by atoms with van der Waals surface area (Å²) in [5, 5.41) is 3.59. The summed E-state index contributed by atoms with van der Waals surface area (Å²) in [6.45, 7) is 6.24. The maximum atomic E-state index is 12.7. The van der Waals surface area contributed by atoms with Gasteiger partial charge in [-0.2, -0.15) is 0 Å². The summed E-state index contributed by atoms with van der Waals surface area (Å²) in [7, 11) is 0. The molecule has 0 unspecified atom stereocenters. The molecule has 1 spiro atoms. The van der Waals surface area contributed by atoms with Gasteiger partial charge in [-0.25, -0.2) is 0 Å². The fraction of sp³-hybridized carbons (Fsp3) is 0.783. The summed E-state index contributed by atoms with van der Waals surface area (Å²) in [6.07, 6.45) is 9.54. The minimum atomic E-state index is -0.0154. The molecule has 2 saturated carbocycles. The van der Waals surface area contributed by atoms with Crippen LogP contribution in [0.2, 0.25) is 0 Å². The third-order valence-corrected chi connectivity index (χ3v) is 8.17. The number of fused-ring (bicyclic) bond motifs is 3. The van der Waals surface area contributed by atoms with E-state index in [4.69, 9.17) is 13.9 Å². The highest BCUT2D eigenvalue weighted by Gasteiger charge is 2.64. The molecule has 0 amide bonds. The molecular weight excluding hydrogens is 354 g/mol. The van der Waals surface area contributed by atoms with Crippen molar-refractivity contribution in [3.63, 3.8) is 0 Å². The SMILES string of the molecule is C[C@H](CCc1ccco1)NC[C@H]1C(=O)O[C@@H]2C[C@@]3(C)CCC[C@]4(CO4)[C@H]3C[C@H]21. The van der Waals surface area contributed by atoms with Gasteiger partial charge in [0.2, 0.25) is 0 Å². The fourth-order valence-corrected chi connectivity index (χ4v) is 6.43. The molecule has 1 aromatic rings. The van der Waals surface area contributed by atoms with Gasteiger partial charge in [0.05, 0.1) is 24.4 Å². The molecule has 1 N–H and O–H groups in total. The van der Waals surface area contributed by atoms with Crippen molar-refractivity contribution < 1.29 is 18.7 Å². The molecule has 5 rings (SSSR count). The van der Waals surface area contributed by atoms with E-state index in [1.54, 1.807) is 6.26 Å². The smallest absolute Gasteiger partial charge is 0.310 e. The van der Waals surface area contributed by atoms with Gasteiger partial charge in [-0.15, -0.1) is 0 Å². The van der Waals surface area contributed by atoms with Crippen LogP contribution in [0, 0.1) is 23.2 Å². The van der Waals surface area contributed by atoms with E-state index in [1.165, 1.54) is 19.3 Å². The highest BCUT2D eigenvalue weighted by Crippen LogP contribution is 2.62. The van der Waals surface area contributed by atoms with Crippen molar-refractivity contribution in [1.82, 2.24) is 5.32 Å². The van der Waals surface area contributed by atoms with E-state index in [1.807, 2.05) is 12.1 Å². The summed E-state index contributed by atoms with van der Waals surface area (Å²) in [5.41, 5.74) is 0.396. The van der Waals surface area contributed by atoms with E-state index in [0.29, 0.717) is 17.9 Å². The van der Waals surface area contributed by atoms with Gasteiger partial charge in [-0.1, -0.05) is 6.92 Å². The molecule has 154 valence electrons. The van der Waals surface area contributed by atoms with Crippen molar-refractivity contribution in [3.8, 4) is 0 Å². The first-order valence-electron chi connectivity index (χ1n) is 11.1. The Kier molecular flexibility index (Phi) is 4.59. The van der Waals surface area contributed by atoms with Crippen LogP contribution in [0.5, 0.6) is 0 Å². The number of ether oxygens (including phenoxy) is 2. The quantitative estimate of drug-likeness (QED) is 0.595. The molecule has 5 nitrogen and oxygen atoms in total. The van der Waals surface area contributed by atoms with Crippen molar-refractivity contribution in [1.29, 1.82) is 0 Å². The normalized spacial score (nSPS) is 42.7. The van der Waals surface area contributed by atoms with Crippen molar-refractivity contribution in [2.75, 3.05) is 13.2 Å². The number of rotatable bonds is 6. The number of aryl methyl sites for hydroxylation is 1. The summed E-state index contributed by atoms with van der Waals surface area (Å²) in [5.74, 6) is 1.94. The van der Waals surface area contributed by atoms with Crippen molar-refractivity contribution in [2.45, 2.75) is 76.5 Å². The lowest BCUT2D eigenvalue weighted by atomic mass is 9.53. The average Bonchev–Trinajstić information content (AvgIpc) is 3.11. The fourth-order valence-electron chi connectivity index (χ4n) is 6.43. The first-order chi connectivity index (χ1) is 13.5. The highest BCUT2D eigenvalue weighted by atomic mass is 16.6. The molecule has 5 heteroatoms. The molecule has 0 aromatic carbocycles. The molecular formula is C23H33NO4. The lowest BCUT2D eigenvalue weighted by Gasteiger charge is -2.51. The molecule has 1 aromatic heterocycles. The number of epoxide rings is 1. The first kappa shape index (κ1) is 18.7. The average molecular weight is 388 g/mol. The largest absolute Gasteiger partial charge is 0.469 e. The summed E-state index contributed by atoms with van der Waals surface area (Å²) < 4.78 is 17.3. The second-order valence-corrected chi connectivity index (χ2v) is 10.0. The van der Waals surface area contributed by atoms with Crippen LogP contribution in [0.25, 0.3) is 0 Å². The molecule has 2 aliphatic heterocycles. The zero-order chi connectivity index (χ0) is 19.4. The van der Waals surface area contributed by atoms with Gasteiger partial charge in [0.25, 0.3) is 0 Å². The maximum absolute atomic E-state index is 12.7. The third kappa shape index (κ3) is 3.21. The minimum Gasteiger partial charge on any atom is -0.469 e. The van der Waals surface area contributed by atoms with E-state index in [2.05, 4.69) is 19.2 Å². The summed E-state index contributed by atoms with van der Waals surface area (Å²) in [4.78, 5) is 12.7. The van der Waals surface area contributed by atoms with Crippen molar-refractivity contribution in [3.05, 3.63) is 24.2 Å². The van der Waals surface area contributed by atoms with Crippen LogP contribution in [0.15, 0.2) is 22.8 Å². The predicted octanol–water partition coefficient (Wildman–Crippen LogP) is 3.72. The van der Waals surface area contributed by atoms with Gasteiger partial charge in [0, 0.05) is 24.9 Å². The standard InChI is InChI=1S/C23H33NO4/c1-15(6-7-16-5-3-10-26-16)24-13-18-17-11-20-22(2,12-19(17)28-21(18)25)8-4-9-23(20)14-27-23/h3,5,10,15,17-20,24H,4,6-9,11-14H2,1-2H3/t15-,17+,18-,19-,20+,22-,23+/m1/s1. The highest BCUT2D eigenvalue weighted by molar-refractivity contribution is 5.75. The van der Waals surface area contributed by atoms with E-state index in [0.717, 1.165) is 44.6 Å². The molecule has 4 aliphatic rings. The molecule has 7 atom stereocenters. The van der Waals surface area contributed by atoms with Gasteiger partial charge < -0.3 is 19.2 Å². The Morgan fingerprint density at radius 3 is 2.96 bits per heavy atom. The van der Waals surface area contributed by atoms with Gasteiger partial charge in [-0.05, 0) is 68.9 Å². The number of hydrogen-bond donors (Lipinski definition) is 1. The van der Waals surface area contributed by atoms with Crippen LogP contribution >= 0.6 is 0 Å². The number of carbonyl (C=O) groups is 1. The number of hydrogen-bond acceptors (Lipinski definition) is 5. The molecule has 2 saturated heterocycles. The van der Waals surface area contributed by atoms with Crippen LogP contribution in [-0.2, 0) is 20.7 Å². The van der Waals surface area contributed by atoms with E-state index in [-0.39, 0.29) is 29.0 Å². The monoisotopic (exact) mass is 387 g/mol. The molecule has 0 bridgehead atoms. The van der Waals surface area contributed by atoms with Gasteiger partial charge in [-0.3, -0.25) is 4.79 Å². The van der Waals surface area contributed by atoms with Gasteiger partial charge >= 0.3 is 5.97 Å². The second-order valence-electron chi connectivity index (χ2n) is 10.0. The lowest BCUT2D eigenvalue weighted by Crippen LogP contribution is -2.51. The van der Waals surface area contributed by atoms with Crippen LogP contribution in [0.4, 0.5) is 0 Å². The van der Waals surface area contributed by atoms with Gasteiger partial charge in [0.15, 0.2) is 0 Å². The minimum absolute atomic E-state index is 0.00810. The number of carbonyl (C=O) groups excluding carboxylic acids is 1.